The molecule has 1 aromatic heterocycles. The molecule has 0 aliphatic heterocycles. The van der Waals surface area contributed by atoms with E-state index in [1.54, 1.807) is 23.6 Å². The fourth-order valence-electron chi connectivity index (χ4n) is 2.10. The molecule has 0 saturated carbocycles. The molecule has 0 spiro atoms. The molecule has 6 nitrogen and oxygen atoms in total. The van der Waals surface area contributed by atoms with Crippen LogP contribution in [0.4, 0.5) is 0 Å². The third kappa shape index (κ3) is 3.03. The second kappa shape index (κ2) is 5.65. The van der Waals surface area contributed by atoms with E-state index in [9.17, 15) is 13.2 Å². The van der Waals surface area contributed by atoms with Gasteiger partial charge in [-0.05, 0) is 19.1 Å². The zero-order valence-electron chi connectivity index (χ0n) is 11.8. The molecule has 21 heavy (non-hydrogen) atoms. The fraction of sp³-hybridized carbons (Fsp3) is 0.385. The van der Waals surface area contributed by atoms with E-state index in [1.807, 2.05) is 0 Å². The van der Waals surface area contributed by atoms with Crippen LogP contribution in [0.25, 0.3) is 11.0 Å². The normalized spacial score (nSPS) is 13.3. The highest BCUT2D eigenvalue weighted by atomic mass is 35.5. The first-order valence-corrected chi connectivity index (χ1v) is 8.48. The van der Waals surface area contributed by atoms with Crippen LogP contribution >= 0.6 is 11.6 Å². The molecule has 2 rings (SSSR count). The Kier molecular flexibility index (Phi) is 4.25. The van der Waals surface area contributed by atoms with E-state index in [0.717, 1.165) is 6.26 Å². The third-order valence-corrected chi connectivity index (χ3v) is 4.37. The molecule has 0 N–H and O–H groups in total. The molecule has 1 aromatic carbocycles. The van der Waals surface area contributed by atoms with E-state index in [2.05, 4.69) is 9.72 Å². The van der Waals surface area contributed by atoms with Crippen molar-refractivity contribution in [3.8, 4) is 0 Å². The number of hydrogen-bond acceptors (Lipinski definition) is 5. The van der Waals surface area contributed by atoms with Crippen molar-refractivity contribution in [2.75, 3.05) is 13.4 Å². The van der Waals surface area contributed by atoms with Gasteiger partial charge in [0.05, 0.1) is 22.9 Å². The van der Waals surface area contributed by atoms with Crippen molar-refractivity contribution in [2.45, 2.75) is 23.7 Å². The zero-order valence-corrected chi connectivity index (χ0v) is 13.4. The highest BCUT2D eigenvalue weighted by Crippen LogP contribution is 2.28. The molecule has 1 heterocycles. The van der Waals surface area contributed by atoms with Crippen LogP contribution in [-0.4, -0.2) is 37.3 Å². The Morgan fingerprint density at radius 3 is 2.67 bits per heavy atom. The van der Waals surface area contributed by atoms with Gasteiger partial charge in [0.1, 0.15) is 17.9 Å². The summed E-state index contributed by atoms with van der Waals surface area (Å²) in [5, 5.41) is -0.477. The van der Waals surface area contributed by atoms with Crippen LogP contribution in [0.2, 0.25) is 0 Å². The van der Waals surface area contributed by atoms with Crippen molar-refractivity contribution in [1.82, 2.24) is 9.55 Å². The van der Waals surface area contributed by atoms with E-state index in [1.165, 1.54) is 13.2 Å². The van der Waals surface area contributed by atoms with Gasteiger partial charge in [-0.25, -0.2) is 13.4 Å². The number of imidazole rings is 1. The number of carbonyl (C=O) groups is 1. The summed E-state index contributed by atoms with van der Waals surface area (Å²) in [5.41, 5.74) is 0.845. The second-order valence-corrected chi connectivity index (χ2v) is 7.28. The predicted octanol–water partition coefficient (Wildman–Crippen LogP) is 1.91. The SMILES string of the molecule is COC(=O)Cn1c(C(C)Cl)nc2c(S(C)(=O)=O)cccc21. The summed E-state index contributed by atoms with van der Waals surface area (Å²) in [4.78, 5) is 16.0. The number of nitrogens with zero attached hydrogens (tertiary/aromatic N) is 2. The molecule has 0 saturated heterocycles. The first kappa shape index (κ1) is 15.8. The van der Waals surface area contributed by atoms with Gasteiger partial charge in [-0.2, -0.15) is 0 Å². The zero-order chi connectivity index (χ0) is 15.8. The maximum atomic E-state index is 11.8. The molecule has 0 aliphatic rings. The summed E-state index contributed by atoms with van der Waals surface area (Å²) in [5.74, 6) is -0.0363. The number of sulfone groups is 1. The Morgan fingerprint density at radius 1 is 1.48 bits per heavy atom. The van der Waals surface area contributed by atoms with E-state index in [4.69, 9.17) is 11.6 Å². The summed E-state index contributed by atoms with van der Waals surface area (Å²) in [6.07, 6.45) is 1.12. The van der Waals surface area contributed by atoms with Crippen LogP contribution in [0.3, 0.4) is 0 Å². The van der Waals surface area contributed by atoms with Crippen molar-refractivity contribution in [2.24, 2.45) is 0 Å². The number of carbonyl (C=O) groups excluding carboxylic acids is 1. The minimum atomic E-state index is -3.43. The Bertz CT molecular complexity index is 796. The topological polar surface area (TPSA) is 78.3 Å². The van der Waals surface area contributed by atoms with Crippen molar-refractivity contribution in [3.63, 3.8) is 0 Å². The van der Waals surface area contributed by atoms with Gasteiger partial charge >= 0.3 is 5.97 Å². The quantitative estimate of drug-likeness (QED) is 0.632. The molecular weight excluding hydrogens is 316 g/mol. The molecule has 0 radical (unpaired) electrons. The van der Waals surface area contributed by atoms with Crippen molar-refractivity contribution >= 4 is 38.4 Å². The first-order chi connectivity index (χ1) is 9.75. The predicted molar refractivity (Wildman–Crippen MR) is 79.1 cm³/mol. The van der Waals surface area contributed by atoms with Crippen LogP contribution in [0.15, 0.2) is 23.1 Å². The third-order valence-electron chi connectivity index (χ3n) is 3.04. The summed E-state index contributed by atoms with van der Waals surface area (Å²) >= 11 is 6.09. The first-order valence-electron chi connectivity index (χ1n) is 6.15. The van der Waals surface area contributed by atoms with Crippen LogP contribution in [0, 0.1) is 0 Å². The largest absolute Gasteiger partial charge is 0.468 e. The number of benzene rings is 1. The number of aromatic nitrogens is 2. The molecule has 0 bridgehead atoms. The molecule has 114 valence electrons. The maximum Gasteiger partial charge on any atom is 0.325 e. The van der Waals surface area contributed by atoms with Gasteiger partial charge in [0.25, 0.3) is 0 Å². The number of para-hydroxylation sites is 1. The second-order valence-electron chi connectivity index (χ2n) is 4.64. The summed E-state index contributed by atoms with van der Waals surface area (Å²) in [6.45, 7) is 1.63. The Labute approximate surface area is 127 Å². The van der Waals surface area contributed by atoms with Crippen molar-refractivity contribution in [1.29, 1.82) is 0 Å². The average Bonchev–Trinajstić information content (AvgIpc) is 2.76. The Morgan fingerprint density at radius 2 is 2.14 bits per heavy atom. The fourth-order valence-corrected chi connectivity index (χ4v) is 3.10. The molecule has 8 heteroatoms. The van der Waals surface area contributed by atoms with E-state index >= 15 is 0 Å². The molecule has 1 atom stereocenters. The number of esters is 1. The van der Waals surface area contributed by atoms with Crippen LogP contribution < -0.4 is 0 Å². The summed E-state index contributed by atoms with van der Waals surface area (Å²) < 4.78 is 29.9. The smallest absolute Gasteiger partial charge is 0.325 e. The molecule has 0 aliphatic carbocycles. The lowest BCUT2D eigenvalue weighted by atomic mass is 10.3. The number of hydrogen-bond donors (Lipinski definition) is 0. The Hall–Kier alpha value is -1.60. The lowest BCUT2D eigenvalue weighted by molar-refractivity contribution is -0.141. The van der Waals surface area contributed by atoms with Gasteiger partial charge in [-0.3, -0.25) is 4.79 Å². The van der Waals surface area contributed by atoms with Gasteiger partial charge in [0, 0.05) is 6.26 Å². The molecule has 0 amide bonds. The lowest BCUT2D eigenvalue weighted by Gasteiger charge is -2.08. The monoisotopic (exact) mass is 330 g/mol. The molecule has 0 fully saturated rings. The molecule has 1 unspecified atom stereocenters. The van der Waals surface area contributed by atoms with E-state index in [-0.39, 0.29) is 11.4 Å². The van der Waals surface area contributed by atoms with Gasteiger partial charge in [-0.1, -0.05) is 6.07 Å². The lowest BCUT2D eigenvalue weighted by Crippen LogP contribution is -2.14. The van der Waals surface area contributed by atoms with Crippen LogP contribution in [0.1, 0.15) is 18.1 Å². The number of alkyl halides is 1. The number of rotatable bonds is 4. The minimum Gasteiger partial charge on any atom is -0.468 e. The Balaban J connectivity index is 2.77. The van der Waals surface area contributed by atoms with Gasteiger partial charge in [-0.15, -0.1) is 11.6 Å². The maximum absolute atomic E-state index is 11.8. The van der Waals surface area contributed by atoms with Crippen molar-refractivity contribution < 1.29 is 17.9 Å². The number of fused-ring (bicyclic) bond motifs is 1. The molecule has 2 aromatic rings. The summed E-state index contributed by atoms with van der Waals surface area (Å²) in [6, 6.07) is 4.79. The van der Waals surface area contributed by atoms with Crippen LogP contribution in [0.5, 0.6) is 0 Å². The highest BCUT2D eigenvalue weighted by Gasteiger charge is 2.22. The number of methoxy groups -OCH3 is 1. The molecular formula is C13H15ClN2O4S. The van der Waals surface area contributed by atoms with Gasteiger partial charge in [0.2, 0.25) is 0 Å². The van der Waals surface area contributed by atoms with Crippen LogP contribution in [-0.2, 0) is 25.9 Å². The van der Waals surface area contributed by atoms with E-state index in [0.29, 0.717) is 16.9 Å². The van der Waals surface area contributed by atoms with Gasteiger partial charge in [0.15, 0.2) is 9.84 Å². The number of ether oxygens (including phenoxy) is 1. The summed E-state index contributed by atoms with van der Waals surface area (Å²) in [7, 11) is -2.14. The average molecular weight is 331 g/mol. The van der Waals surface area contributed by atoms with Gasteiger partial charge < -0.3 is 9.30 Å². The number of halogens is 1. The highest BCUT2D eigenvalue weighted by molar-refractivity contribution is 7.91. The standard InChI is InChI=1S/C13H15ClN2O4S/c1-8(14)13-15-12-9(16(13)7-11(17)20-2)5-4-6-10(12)21(3,18)19/h4-6,8H,7H2,1-3H3. The van der Waals surface area contributed by atoms with E-state index < -0.39 is 21.2 Å². The minimum absolute atomic E-state index is 0.0768. The van der Waals surface area contributed by atoms with Crippen molar-refractivity contribution in [3.05, 3.63) is 24.0 Å².